The van der Waals surface area contributed by atoms with Gasteiger partial charge in [0.05, 0.1) is 18.0 Å². The molecule has 8 nitrogen and oxygen atoms in total. The van der Waals surface area contributed by atoms with Gasteiger partial charge < -0.3 is 19.9 Å². The minimum Gasteiger partial charge on any atom is -0.481 e. The number of nitrogens with zero attached hydrogens (tertiary/aromatic N) is 2. The molecule has 4 rings (SSSR count). The van der Waals surface area contributed by atoms with Gasteiger partial charge in [0.15, 0.2) is 11.6 Å². The summed E-state index contributed by atoms with van der Waals surface area (Å²) in [5.41, 5.74) is -3.01. The lowest BCUT2D eigenvalue weighted by Gasteiger charge is -2.32. The number of carboxylic acids is 1. The monoisotopic (exact) mass is 563 g/mol. The lowest BCUT2D eigenvalue weighted by atomic mass is 9.95. The smallest absolute Gasteiger partial charge is 0.305 e. The highest BCUT2D eigenvalue weighted by atomic mass is 19.2. The van der Waals surface area contributed by atoms with Crippen LogP contribution >= 0.6 is 0 Å². The topological polar surface area (TPSA) is 109 Å². The van der Waals surface area contributed by atoms with E-state index in [2.05, 4.69) is 5.32 Å². The Kier molecular flexibility index (Phi) is 7.76. The highest BCUT2D eigenvalue weighted by Crippen LogP contribution is 2.38. The van der Waals surface area contributed by atoms with Crippen molar-refractivity contribution in [1.29, 1.82) is 0 Å². The zero-order valence-corrected chi connectivity index (χ0v) is 21.1. The third kappa shape index (κ3) is 5.31. The second-order valence-corrected chi connectivity index (χ2v) is 9.41. The molecule has 0 saturated carbocycles. The molecule has 1 saturated heterocycles. The number of amides is 2. The van der Waals surface area contributed by atoms with Gasteiger partial charge in [-0.3, -0.25) is 19.2 Å². The number of hydrogen-bond donors (Lipinski definition) is 2. The van der Waals surface area contributed by atoms with Crippen LogP contribution in [0.15, 0.2) is 47.4 Å². The Bertz CT molecular complexity index is 1570. The van der Waals surface area contributed by atoms with Crippen molar-refractivity contribution in [3.05, 3.63) is 93.2 Å². The second kappa shape index (κ2) is 10.9. The summed E-state index contributed by atoms with van der Waals surface area (Å²) in [5, 5.41) is 12.0. The second-order valence-electron chi connectivity index (χ2n) is 9.41. The molecule has 210 valence electrons. The number of carbonyl (C=O) groups excluding carboxylic acids is 2. The van der Waals surface area contributed by atoms with Crippen molar-refractivity contribution in [1.82, 2.24) is 14.8 Å². The van der Waals surface area contributed by atoms with Crippen molar-refractivity contribution >= 4 is 17.8 Å². The number of halogens is 5. The van der Waals surface area contributed by atoms with Crippen LogP contribution in [-0.4, -0.2) is 44.4 Å². The minimum atomic E-state index is -1.66. The molecule has 3 atom stereocenters. The Morgan fingerprint density at radius 1 is 1.05 bits per heavy atom. The number of nitrogens with one attached hydrogen (secondary N) is 1. The van der Waals surface area contributed by atoms with Crippen LogP contribution < -0.4 is 10.9 Å². The van der Waals surface area contributed by atoms with Gasteiger partial charge in [-0.05, 0) is 43.2 Å². The molecule has 2 N–H and O–H groups in total. The number of hydrogen-bond acceptors (Lipinski definition) is 4. The third-order valence-electron chi connectivity index (χ3n) is 6.69. The predicted molar refractivity (Wildman–Crippen MR) is 131 cm³/mol. The summed E-state index contributed by atoms with van der Waals surface area (Å²) >= 11 is 0. The summed E-state index contributed by atoms with van der Waals surface area (Å²) < 4.78 is 73.3. The Labute approximate surface area is 223 Å². The van der Waals surface area contributed by atoms with Gasteiger partial charge in [0.1, 0.15) is 29.1 Å². The van der Waals surface area contributed by atoms with Gasteiger partial charge in [-0.15, -0.1) is 0 Å². The zero-order chi connectivity index (χ0) is 29.5. The molecule has 2 heterocycles. The molecule has 0 bridgehead atoms. The van der Waals surface area contributed by atoms with E-state index in [1.54, 1.807) is 0 Å². The Morgan fingerprint density at radius 3 is 2.33 bits per heavy atom. The maximum atomic E-state index is 15.1. The van der Waals surface area contributed by atoms with E-state index in [9.17, 15) is 41.8 Å². The summed E-state index contributed by atoms with van der Waals surface area (Å²) in [6, 6.07) is 0.927. The van der Waals surface area contributed by atoms with E-state index in [-0.39, 0.29) is 12.0 Å². The SMILES string of the molecule is CC1C[C@H](NC(=O)c2cccn(C)c2=O)C(=O)N1C(CC(=O)O)c1cc(-c2c(F)cc(F)cc2F)cc(F)c1F. The first-order valence-electron chi connectivity index (χ1n) is 11.9. The normalized spacial score (nSPS) is 17.7. The molecule has 13 heteroatoms. The summed E-state index contributed by atoms with van der Waals surface area (Å²) in [5.74, 6) is -10.4. The molecule has 1 aromatic heterocycles. The number of carbonyl (C=O) groups is 3. The molecule has 40 heavy (non-hydrogen) atoms. The van der Waals surface area contributed by atoms with Gasteiger partial charge in [0.25, 0.3) is 11.5 Å². The fourth-order valence-corrected chi connectivity index (χ4v) is 4.88. The summed E-state index contributed by atoms with van der Waals surface area (Å²) in [7, 11) is 1.42. The molecular formula is C27H22F5N3O5. The van der Waals surface area contributed by atoms with Crippen molar-refractivity contribution < 1.29 is 41.4 Å². The van der Waals surface area contributed by atoms with Crippen molar-refractivity contribution in [2.24, 2.45) is 7.05 Å². The Morgan fingerprint density at radius 2 is 1.70 bits per heavy atom. The largest absolute Gasteiger partial charge is 0.481 e. The molecule has 1 fully saturated rings. The summed E-state index contributed by atoms with van der Waals surface area (Å²) in [6.45, 7) is 1.48. The van der Waals surface area contributed by atoms with Crippen LogP contribution in [0.25, 0.3) is 11.1 Å². The Balaban J connectivity index is 1.74. The first-order chi connectivity index (χ1) is 18.8. The molecular weight excluding hydrogens is 541 g/mol. The molecule has 2 amide bonds. The van der Waals surface area contributed by atoms with E-state index in [0.717, 1.165) is 15.5 Å². The van der Waals surface area contributed by atoms with Crippen LogP contribution in [0, 0.1) is 29.1 Å². The highest BCUT2D eigenvalue weighted by Gasteiger charge is 2.44. The van der Waals surface area contributed by atoms with Gasteiger partial charge in [0, 0.05) is 37.0 Å². The van der Waals surface area contributed by atoms with Crippen LogP contribution in [0.2, 0.25) is 0 Å². The summed E-state index contributed by atoms with van der Waals surface area (Å²) in [4.78, 5) is 51.1. The van der Waals surface area contributed by atoms with E-state index >= 15 is 4.39 Å². The number of carboxylic acid groups (broad SMARTS) is 1. The van der Waals surface area contributed by atoms with Crippen LogP contribution in [-0.2, 0) is 16.6 Å². The average molecular weight is 563 g/mol. The molecule has 2 unspecified atom stereocenters. The van der Waals surface area contributed by atoms with E-state index in [1.807, 2.05) is 0 Å². The van der Waals surface area contributed by atoms with Crippen molar-refractivity contribution in [3.63, 3.8) is 0 Å². The van der Waals surface area contributed by atoms with Crippen LogP contribution in [0.3, 0.4) is 0 Å². The van der Waals surface area contributed by atoms with Crippen LogP contribution in [0.4, 0.5) is 22.0 Å². The maximum Gasteiger partial charge on any atom is 0.305 e. The Hall–Kier alpha value is -4.55. The van der Waals surface area contributed by atoms with Crippen molar-refractivity contribution in [3.8, 4) is 11.1 Å². The maximum absolute atomic E-state index is 15.1. The molecule has 0 radical (unpaired) electrons. The number of aryl methyl sites for hydroxylation is 1. The van der Waals surface area contributed by atoms with Crippen molar-refractivity contribution in [2.45, 2.75) is 37.9 Å². The number of pyridine rings is 1. The van der Waals surface area contributed by atoms with Gasteiger partial charge in [-0.1, -0.05) is 0 Å². The van der Waals surface area contributed by atoms with E-state index < -0.39 is 93.7 Å². The zero-order valence-electron chi connectivity index (χ0n) is 21.1. The number of benzene rings is 2. The molecule has 0 spiro atoms. The van der Waals surface area contributed by atoms with Crippen LogP contribution in [0.1, 0.15) is 41.7 Å². The molecule has 0 aliphatic carbocycles. The van der Waals surface area contributed by atoms with E-state index in [4.69, 9.17) is 0 Å². The number of aliphatic carboxylic acids is 1. The van der Waals surface area contributed by atoms with Gasteiger partial charge in [-0.25, -0.2) is 22.0 Å². The molecule has 1 aliphatic rings. The lowest BCUT2D eigenvalue weighted by molar-refractivity contribution is -0.140. The standard InChI is InChI=1S/C27H22F5N3O5/c1-12-6-20(33-25(38)15-4-3-5-34(2)26(15)39)27(40)35(12)21(11-22(36)37)16-7-13(8-19(31)24(16)32)23-17(29)9-14(28)10-18(23)30/h3-5,7-10,12,20-21H,6,11H2,1-2H3,(H,33,38)(H,36,37)/t12?,20-,21?/m0/s1. The van der Waals surface area contributed by atoms with E-state index in [0.29, 0.717) is 18.2 Å². The van der Waals surface area contributed by atoms with Crippen LogP contribution in [0.5, 0.6) is 0 Å². The van der Waals surface area contributed by atoms with Gasteiger partial charge >= 0.3 is 5.97 Å². The van der Waals surface area contributed by atoms with Gasteiger partial charge in [0.2, 0.25) is 5.91 Å². The number of aromatic nitrogens is 1. The number of likely N-dealkylation sites (tertiary alicyclic amines) is 1. The quantitative estimate of drug-likeness (QED) is 0.427. The predicted octanol–water partition coefficient (Wildman–Crippen LogP) is 3.68. The average Bonchev–Trinajstić information content (AvgIpc) is 3.13. The molecule has 1 aliphatic heterocycles. The first kappa shape index (κ1) is 28.5. The fraction of sp³-hybridized carbons (Fsp3) is 0.259. The molecule has 3 aromatic rings. The molecule has 2 aromatic carbocycles. The number of rotatable bonds is 7. The summed E-state index contributed by atoms with van der Waals surface area (Å²) in [6.07, 6.45) is 0.425. The highest BCUT2D eigenvalue weighted by molar-refractivity contribution is 5.98. The fourth-order valence-electron chi connectivity index (χ4n) is 4.88. The first-order valence-corrected chi connectivity index (χ1v) is 11.9. The third-order valence-corrected chi connectivity index (χ3v) is 6.69. The van der Waals surface area contributed by atoms with E-state index in [1.165, 1.54) is 32.3 Å². The van der Waals surface area contributed by atoms with Gasteiger partial charge in [-0.2, -0.15) is 0 Å². The lowest BCUT2D eigenvalue weighted by Crippen LogP contribution is -2.45. The minimum absolute atomic E-state index is 0.0706. The van der Waals surface area contributed by atoms with Crippen molar-refractivity contribution in [2.75, 3.05) is 0 Å².